The van der Waals surface area contributed by atoms with Crippen molar-refractivity contribution in [3.05, 3.63) is 29.8 Å². The predicted molar refractivity (Wildman–Crippen MR) is 54.3 cm³/mol. The van der Waals surface area contributed by atoms with E-state index in [1.165, 1.54) is 0 Å². The smallest absolute Gasteiger partial charge is 0.388 e. The summed E-state index contributed by atoms with van der Waals surface area (Å²) in [6, 6.07) is 8.56. The van der Waals surface area contributed by atoms with Crippen LogP contribution in [0.3, 0.4) is 0 Å². The fourth-order valence-electron chi connectivity index (χ4n) is 1.08. The number of para-hydroxylation sites is 1. The molecule has 0 amide bonds. The molecule has 71 valence electrons. The first-order chi connectivity index (χ1) is 6.27. The number of hydrogen-bond donors (Lipinski definition) is 1. The first kappa shape index (κ1) is 10.2. The van der Waals surface area contributed by atoms with Crippen molar-refractivity contribution >= 4 is 15.0 Å². The van der Waals surface area contributed by atoms with Crippen LogP contribution >= 0.6 is 0 Å². The molecular formula is C9H14NO2Si. The molecule has 0 aliphatic heterocycles. The van der Waals surface area contributed by atoms with E-state index in [1.54, 1.807) is 14.2 Å². The second kappa shape index (κ2) is 5.01. The van der Waals surface area contributed by atoms with Crippen LogP contribution in [-0.4, -0.2) is 23.5 Å². The molecule has 3 nitrogen and oxygen atoms in total. The molecule has 1 aromatic carbocycles. The van der Waals surface area contributed by atoms with Gasteiger partial charge >= 0.3 is 9.28 Å². The molecule has 1 rings (SSSR count). The summed E-state index contributed by atoms with van der Waals surface area (Å²) in [5, 5.41) is 0. The van der Waals surface area contributed by atoms with Crippen molar-refractivity contribution in [3.8, 4) is 0 Å². The van der Waals surface area contributed by atoms with Crippen LogP contribution in [0, 0.1) is 0 Å². The molecule has 0 atom stereocenters. The number of hydrogen-bond acceptors (Lipinski definition) is 3. The molecule has 0 fully saturated rings. The van der Waals surface area contributed by atoms with E-state index in [0.717, 1.165) is 17.3 Å². The third kappa shape index (κ3) is 2.84. The van der Waals surface area contributed by atoms with Crippen molar-refractivity contribution in [2.75, 3.05) is 20.0 Å². The molecule has 0 saturated heterocycles. The molecule has 1 aromatic rings. The normalized spacial score (nSPS) is 10.7. The zero-order valence-corrected chi connectivity index (χ0v) is 8.91. The Morgan fingerprint density at radius 3 is 2.38 bits per heavy atom. The van der Waals surface area contributed by atoms with E-state index in [4.69, 9.17) is 14.6 Å². The highest BCUT2D eigenvalue weighted by molar-refractivity contribution is 6.43. The summed E-state index contributed by atoms with van der Waals surface area (Å²) in [7, 11) is 2.15. The van der Waals surface area contributed by atoms with Gasteiger partial charge in [-0.25, -0.2) is 0 Å². The van der Waals surface area contributed by atoms with Crippen molar-refractivity contribution in [1.82, 2.24) is 0 Å². The maximum atomic E-state index is 5.78. The van der Waals surface area contributed by atoms with E-state index in [2.05, 4.69) is 0 Å². The molecule has 1 radical (unpaired) electrons. The molecular weight excluding hydrogens is 182 g/mol. The molecule has 0 heterocycles. The van der Waals surface area contributed by atoms with Crippen molar-refractivity contribution in [2.24, 2.45) is 0 Å². The molecule has 0 aliphatic carbocycles. The molecule has 4 heteroatoms. The van der Waals surface area contributed by atoms with Crippen molar-refractivity contribution in [2.45, 2.75) is 6.04 Å². The van der Waals surface area contributed by atoms with E-state index < -0.39 is 9.28 Å². The van der Waals surface area contributed by atoms with E-state index in [-0.39, 0.29) is 0 Å². The lowest BCUT2D eigenvalue weighted by molar-refractivity contribution is 0.277. The summed E-state index contributed by atoms with van der Waals surface area (Å²) in [6.07, 6.45) is 0. The third-order valence-electron chi connectivity index (χ3n) is 1.85. The van der Waals surface area contributed by atoms with E-state index in [9.17, 15) is 0 Å². The highest BCUT2D eigenvalue weighted by atomic mass is 28.3. The minimum Gasteiger partial charge on any atom is -0.399 e. The Labute approximate surface area is 80.3 Å². The predicted octanol–water partition coefficient (Wildman–Crippen LogP) is 1.13. The Kier molecular flexibility index (Phi) is 3.95. The van der Waals surface area contributed by atoms with Gasteiger partial charge in [-0.1, -0.05) is 18.2 Å². The molecule has 0 aliphatic rings. The molecule has 0 saturated carbocycles. The maximum absolute atomic E-state index is 5.78. The minimum absolute atomic E-state index is 0.782. The zero-order valence-electron chi connectivity index (χ0n) is 7.91. The van der Waals surface area contributed by atoms with Crippen molar-refractivity contribution in [1.29, 1.82) is 0 Å². The Bertz CT molecular complexity index is 264. The summed E-state index contributed by atoms with van der Waals surface area (Å²) >= 11 is 0. The van der Waals surface area contributed by atoms with Gasteiger partial charge in [-0.15, -0.1) is 0 Å². The first-order valence-electron chi connectivity index (χ1n) is 4.05. The van der Waals surface area contributed by atoms with Gasteiger partial charge in [0.2, 0.25) is 0 Å². The number of anilines is 1. The van der Waals surface area contributed by atoms with Crippen LogP contribution in [-0.2, 0) is 14.9 Å². The van der Waals surface area contributed by atoms with Crippen LogP contribution < -0.4 is 5.73 Å². The van der Waals surface area contributed by atoms with E-state index in [0.29, 0.717) is 0 Å². The van der Waals surface area contributed by atoms with Crippen LogP contribution in [0.25, 0.3) is 0 Å². The summed E-state index contributed by atoms with van der Waals surface area (Å²) in [5.41, 5.74) is 7.69. The van der Waals surface area contributed by atoms with Gasteiger partial charge in [0, 0.05) is 26.0 Å². The quantitative estimate of drug-likeness (QED) is 0.580. The van der Waals surface area contributed by atoms with Crippen LogP contribution in [0.1, 0.15) is 5.56 Å². The lowest BCUT2D eigenvalue weighted by atomic mass is 10.2. The first-order valence-corrected chi connectivity index (χ1v) is 5.57. The highest BCUT2D eigenvalue weighted by Gasteiger charge is 2.13. The largest absolute Gasteiger partial charge is 0.399 e. The van der Waals surface area contributed by atoms with Crippen molar-refractivity contribution < 1.29 is 8.85 Å². The molecule has 0 spiro atoms. The molecule has 0 unspecified atom stereocenters. The summed E-state index contributed by atoms with van der Waals surface area (Å²) in [4.78, 5) is 0. The molecule has 0 bridgehead atoms. The topological polar surface area (TPSA) is 44.5 Å². The SMILES string of the molecule is CO[Si](Cc1ccccc1N)OC. The average molecular weight is 196 g/mol. The summed E-state index contributed by atoms with van der Waals surface area (Å²) < 4.78 is 10.4. The third-order valence-corrected chi connectivity index (χ3v) is 3.43. The number of nitrogen functional groups attached to an aromatic ring is 1. The van der Waals surface area contributed by atoms with E-state index in [1.807, 2.05) is 24.3 Å². The Hall–Kier alpha value is -0.843. The van der Waals surface area contributed by atoms with Gasteiger partial charge < -0.3 is 14.6 Å². The fraction of sp³-hybridized carbons (Fsp3) is 0.333. The lowest BCUT2D eigenvalue weighted by Crippen LogP contribution is -2.23. The van der Waals surface area contributed by atoms with Crippen LogP contribution in [0.4, 0.5) is 5.69 Å². The van der Waals surface area contributed by atoms with Gasteiger partial charge in [-0.2, -0.15) is 0 Å². The van der Waals surface area contributed by atoms with Crippen LogP contribution in [0.2, 0.25) is 0 Å². The molecule has 2 N–H and O–H groups in total. The Morgan fingerprint density at radius 1 is 1.23 bits per heavy atom. The molecule has 0 aromatic heterocycles. The van der Waals surface area contributed by atoms with Crippen molar-refractivity contribution in [3.63, 3.8) is 0 Å². The zero-order chi connectivity index (χ0) is 9.68. The van der Waals surface area contributed by atoms with Gasteiger partial charge in [-0.05, 0) is 11.6 Å². The van der Waals surface area contributed by atoms with Crippen LogP contribution in [0.5, 0.6) is 0 Å². The summed E-state index contributed by atoms with van der Waals surface area (Å²) in [6.45, 7) is 0. The number of rotatable bonds is 4. The van der Waals surface area contributed by atoms with Crippen LogP contribution in [0.15, 0.2) is 24.3 Å². The fourth-order valence-corrected chi connectivity index (χ4v) is 2.17. The Morgan fingerprint density at radius 2 is 1.85 bits per heavy atom. The summed E-state index contributed by atoms with van der Waals surface area (Å²) in [5.74, 6) is 0. The van der Waals surface area contributed by atoms with Gasteiger partial charge in [0.05, 0.1) is 0 Å². The molecule has 13 heavy (non-hydrogen) atoms. The minimum atomic E-state index is -1.18. The van der Waals surface area contributed by atoms with Gasteiger partial charge in [0.15, 0.2) is 0 Å². The lowest BCUT2D eigenvalue weighted by Gasteiger charge is -2.10. The number of benzene rings is 1. The standard InChI is InChI=1S/C9H14NO2Si/c1-11-13(12-2)7-8-5-3-4-6-9(8)10/h3-6H,7,10H2,1-2H3. The monoisotopic (exact) mass is 196 g/mol. The van der Waals surface area contributed by atoms with E-state index >= 15 is 0 Å². The highest BCUT2D eigenvalue weighted by Crippen LogP contribution is 2.12. The second-order valence-electron chi connectivity index (χ2n) is 2.66. The van der Waals surface area contributed by atoms with Gasteiger partial charge in [0.1, 0.15) is 0 Å². The maximum Gasteiger partial charge on any atom is 0.388 e. The second-order valence-corrected chi connectivity index (χ2v) is 4.57. The van der Waals surface area contributed by atoms with Gasteiger partial charge in [0.25, 0.3) is 0 Å². The number of nitrogens with two attached hydrogens (primary N) is 1. The average Bonchev–Trinajstić information content (AvgIpc) is 2.17. The van der Waals surface area contributed by atoms with Gasteiger partial charge in [-0.3, -0.25) is 0 Å². The Balaban J connectivity index is 2.67.